The second kappa shape index (κ2) is 13.3. The second-order valence-corrected chi connectivity index (χ2v) is 9.05. The third-order valence-electron chi connectivity index (χ3n) is 6.14. The molecule has 0 spiro atoms. The summed E-state index contributed by atoms with van der Waals surface area (Å²) in [6.07, 6.45) is 7.40. The highest BCUT2D eigenvalue weighted by Gasteiger charge is 2.13. The van der Waals surface area contributed by atoms with Crippen molar-refractivity contribution in [2.24, 2.45) is 0 Å². The van der Waals surface area contributed by atoms with Gasteiger partial charge < -0.3 is 24.3 Å². The normalized spacial score (nSPS) is 11.2. The molecule has 4 rings (SSSR count). The molecule has 4 aromatic rings. The number of hydrogen-bond acceptors (Lipinski definition) is 4. The monoisotopic (exact) mass is 531 g/mol. The molecule has 0 atom stereocenters. The third kappa shape index (κ3) is 7.70. The fourth-order valence-corrected chi connectivity index (χ4v) is 4.35. The first-order chi connectivity index (χ1) is 18.9. The van der Waals surface area contributed by atoms with Gasteiger partial charge in [-0.3, -0.25) is 9.59 Å². The number of benzene rings is 3. The zero-order valence-corrected chi connectivity index (χ0v) is 21.4. The first kappa shape index (κ1) is 27.4. The Morgan fingerprint density at radius 2 is 1.62 bits per heavy atom. The van der Waals surface area contributed by atoms with Crippen molar-refractivity contribution in [1.82, 2.24) is 4.57 Å². The molecule has 0 aliphatic carbocycles. The fourth-order valence-electron chi connectivity index (χ4n) is 4.35. The minimum atomic E-state index is -0.947. The van der Waals surface area contributed by atoms with Crippen LogP contribution in [-0.4, -0.2) is 39.9 Å². The smallest absolute Gasteiger partial charge is 0.323 e. The van der Waals surface area contributed by atoms with E-state index >= 15 is 0 Å². The van der Waals surface area contributed by atoms with Gasteiger partial charge in [0.05, 0.1) is 18.7 Å². The first-order valence-corrected chi connectivity index (χ1v) is 12.7. The molecule has 0 aliphatic heterocycles. The SMILES string of the molecule is O=C(O)CCCc1cn(CC(=O)O)c2c(/C=C/c3ccc(OCCCOc4ccccc4F)cc3)cccc12. The molecule has 2 N–H and O–H groups in total. The van der Waals surface area contributed by atoms with Crippen molar-refractivity contribution in [2.45, 2.75) is 32.2 Å². The molecule has 1 aromatic heterocycles. The van der Waals surface area contributed by atoms with E-state index in [1.165, 1.54) is 6.07 Å². The minimum Gasteiger partial charge on any atom is -0.493 e. The molecule has 0 saturated heterocycles. The van der Waals surface area contributed by atoms with E-state index in [0.29, 0.717) is 38.2 Å². The number of nitrogens with zero attached hydrogens (tertiary/aromatic N) is 1. The van der Waals surface area contributed by atoms with Gasteiger partial charge in [0.15, 0.2) is 11.6 Å². The van der Waals surface area contributed by atoms with Crippen LogP contribution in [0.15, 0.2) is 72.9 Å². The molecule has 0 unspecified atom stereocenters. The summed E-state index contributed by atoms with van der Waals surface area (Å²) in [5.74, 6) is -1.24. The summed E-state index contributed by atoms with van der Waals surface area (Å²) in [5, 5.41) is 19.3. The average Bonchev–Trinajstić information content (AvgIpc) is 3.26. The number of halogens is 1. The van der Waals surface area contributed by atoms with Crippen LogP contribution in [0.5, 0.6) is 11.5 Å². The molecule has 3 aromatic carbocycles. The van der Waals surface area contributed by atoms with Gasteiger partial charge in [-0.2, -0.15) is 0 Å². The van der Waals surface area contributed by atoms with E-state index in [4.69, 9.17) is 14.6 Å². The Morgan fingerprint density at radius 1 is 0.846 bits per heavy atom. The Balaban J connectivity index is 1.39. The number of aliphatic carboxylic acids is 2. The number of hydrogen-bond donors (Lipinski definition) is 2. The van der Waals surface area contributed by atoms with Crippen LogP contribution in [0.3, 0.4) is 0 Å². The maximum Gasteiger partial charge on any atom is 0.323 e. The predicted molar refractivity (Wildman–Crippen MR) is 148 cm³/mol. The van der Waals surface area contributed by atoms with Crippen molar-refractivity contribution < 1.29 is 33.7 Å². The van der Waals surface area contributed by atoms with E-state index in [0.717, 1.165) is 27.6 Å². The van der Waals surface area contributed by atoms with Crippen molar-refractivity contribution in [3.05, 3.63) is 95.4 Å². The van der Waals surface area contributed by atoms with E-state index in [9.17, 15) is 19.1 Å². The lowest BCUT2D eigenvalue weighted by Crippen LogP contribution is -2.07. The molecule has 202 valence electrons. The summed E-state index contributed by atoms with van der Waals surface area (Å²) in [6.45, 7) is 0.594. The summed E-state index contributed by atoms with van der Waals surface area (Å²) < 4.78 is 26.5. The number of rotatable bonds is 14. The number of fused-ring (bicyclic) bond motifs is 1. The summed E-state index contributed by atoms with van der Waals surface area (Å²) in [5.41, 5.74) is 3.55. The molecule has 1 heterocycles. The van der Waals surface area contributed by atoms with Gasteiger partial charge in [0.25, 0.3) is 0 Å². The van der Waals surface area contributed by atoms with E-state index in [1.807, 2.05) is 60.8 Å². The van der Waals surface area contributed by atoms with Crippen LogP contribution in [0.4, 0.5) is 4.39 Å². The molecule has 0 amide bonds. The largest absolute Gasteiger partial charge is 0.493 e. The van der Waals surface area contributed by atoms with Crippen molar-refractivity contribution in [3.8, 4) is 11.5 Å². The van der Waals surface area contributed by atoms with E-state index in [-0.39, 0.29) is 24.5 Å². The van der Waals surface area contributed by atoms with Crippen molar-refractivity contribution in [2.75, 3.05) is 13.2 Å². The maximum atomic E-state index is 13.6. The number of aromatic nitrogens is 1. The van der Waals surface area contributed by atoms with Crippen LogP contribution in [0.25, 0.3) is 23.1 Å². The van der Waals surface area contributed by atoms with Crippen LogP contribution in [-0.2, 0) is 22.6 Å². The molecular weight excluding hydrogens is 501 g/mol. The molecule has 0 radical (unpaired) electrons. The van der Waals surface area contributed by atoms with Crippen molar-refractivity contribution >= 4 is 35.0 Å². The number of para-hydroxylation sites is 2. The molecule has 0 aliphatic rings. The number of aryl methyl sites for hydroxylation is 1. The Hall–Kier alpha value is -4.59. The molecule has 7 nitrogen and oxygen atoms in total. The molecule has 0 fully saturated rings. The van der Waals surface area contributed by atoms with Gasteiger partial charge in [0.2, 0.25) is 0 Å². The Bertz CT molecular complexity index is 1460. The van der Waals surface area contributed by atoms with Crippen LogP contribution < -0.4 is 9.47 Å². The highest BCUT2D eigenvalue weighted by atomic mass is 19.1. The van der Waals surface area contributed by atoms with Crippen molar-refractivity contribution in [3.63, 3.8) is 0 Å². The lowest BCUT2D eigenvalue weighted by Gasteiger charge is -2.09. The molecule has 8 heteroatoms. The van der Waals surface area contributed by atoms with Gasteiger partial charge in [-0.15, -0.1) is 0 Å². The number of ether oxygens (including phenoxy) is 2. The topological polar surface area (TPSA) is 98.0 Å². The Morgan fingerprint density at radius 3 is 2.36 bits per heavy atom. The first-order valence-electron chi connectivity index (χ1n) is 12.7. The summed E-state index contributed by atoms with van der Waals surface area (Å²) in [4.78, 5) is 22.4. The summed E-state index contributed by atoms with van der Waals surface area (Å²) in [7, 11) is 0. The van der Waals surface area contributed by atoms with Gasteiger partial charge in [-0.25, -0.2) is 4.39 Å². The van der Waals surface area contributed by atoms with Gasteiger partial charge in [-0.1, -0.05) is 54.6 Å². The Kier molecular flexibility index (Phi) is 9.34. The highest BCUT2D eigenvalue weighted by molar-refractivity contribution is 5.94. The Labute approximate surface area is 225 Å². The van der Waals surface area contributed by atoms with Crippen LogP contribution in [0.2, 0.25) is 0 Å². The van der Waals surface area contributed by atoms with Crippen LogP contribution in [0, 0.1) is 5.82 Å². The predicted octanol–water partition coefficient (Wildman–Crippen LogP) is 6.29. The molecule has 39 heavy (non-hydrogen) atoms. The van der Waals surface area contributed by atoms with Crippen molar-refractivity contribution in [1.29, 1.82) is 0 Å². The van der Waals surface area contributed by atoms with E-state index in [2.05, 4.69) is 0 Å². The zero-order valence-electron chi connectivity index (χ0n) is 21.4. The highest BCUT2D eigenvalue weighted by Crippen LogP contribution is 2.28. The van der Waals surface area contributed by atoms with E-state index < -0.39 is 11.9 Å². The molecule has 0 bridgehead atoms. The number of carboxylic acids is 2. The summed E-state index contributed by atoms with van der Waals surface area (Å²) >= 11 is 0. The zero-order chi connectivity index (χ0) is 27.6. The standard InChI is InChI=1S/C31H30FNO6/c32-27-9-1-2-10-28(27)39-19-5-18-38-25-16-13-22(14-17-25)12-15-23-6-3-8-26-24(7-4-11-29(34)35)20-33(31(23)26)21-30(36)37/h1-3,6,8-10,12-17,20H,4-5,7,11,18-19,21H2,(H,34,35)(H,36,37)/b15-12+. The molecular formula is C31H30FNO6. The van der Waals surface area contributed by atoms with E-state index in [1.54, 1.807) is 22.8 Å². The fraction of sp³-hybridized carbons (Fsp3) is 0.226. The van der Waals surface area contributed by atoms with Gasteiger partial charge in [0.1, 0.15) is 12.3 Å². The second-order valence-electron chi connectivity index (χ2n) is 9.05. The lowest BCUT2D eigenvalue weighted by molar-refractivity contribution is -0.138. The quantitative estimate of drug-likeness (QED) is 0.147. The van der Waals surface area contributed by atoms with Gasteiger partial charge >= 0.3 is 11.9 Å². The number of carboxylic acid groups (broad SMARTS) is 2. The lowest BCUT2D eigenvalue weighted by atomic mass is 10.0. The summed E-state index contributed by atoms with van der Waals surface area (Å²) in [6, 6.07) is 19.7. The third-order valence-corrected chi connectivity index (χ3v) is 6.14. The van der Waals surface area contributed by atoms with Crippen LogP contribution >= 0.6 is 0 Å². The average molecular weight is 532 g/mol. The van der Waals surface area contributed by atoms with Crippen LogP contribution in [0.1, 0.15) is 36.0 Å². The van der Waals surface area contributed by atoms with Gasteiger partial charge in [-0.05, 0) is 53.8 Å². The molecule has 0 saturated carbocycles. The maximum absolute atomic E-state index is 13.6. The van der Waals surface area contributed by atoms with Gasteiger partial charge in [0, 0.05) is 24.4 Å². The number of carbonyl (C=O) groups is 2. The minimum absolute atomic E-state index is 0.0619.